The van der Waals surface area contributed by atoms with Crippen molar-refractivity contribution in [1.82, 2.24) is 14.9 Å². The molecule has 3 heterocycles. The maximum Gasteiger partial charge on any atom is 0.273 e. The molecule has 0 atom stereocenters. The van der Waals surface area contributed by atoms with Gasteiger partial charge in [-0.3, -0.25) is 9.78 Å². The fourth-order valence-corrected chi connectivity index (χ4v) is 3.14. The van der Waals surface area contributed by atoms with Crippen LogP contribution < -0.4 is 4.74 Å². The average molecular weight is 307 g/mol. The highest BCUT2D eigenvalue weighted by atomic mass is 32.2. The molecule has 0 N–H and O–H groups in total. The molecule has 1 aliphatic rings. The van der Waals surface area contributed by atoms with Gasteiger partial charge in [-0.2, -0.15) is 0 Å². The van der Waals surface area contributed by atoms with E-state index in [-0.39, 0.29) is 12.0 Å². The zero-order valence-corrected chi connectivity index (χ0v) is 12.3. The minimum atomic E-state index is 0.0797. The van der Waals surface area contributed by atoms with Gasteiger partial charge in [0.2, 0.25) is 5.91 Å². The third-order valence-corrected chi connectivity index (χ3v) is 4.55. The molecule has 2 aromatic heterocycles. The molecule has 0 aliphatic carbocycles. The number of ether oxygens (including phenoxy) is 1. The number of aromatic nitrogens is 2. The second-order valence-electron chi connectivity index (χ2n) is 4.31. The van der Waals surface area contributed by atoms with Crippen LogP contribution in [0.1, 0.15) is 0 Å². The van der Waals surface area contributed by atoms with E-state index in [0.29, 0.717) is 24.0 Å². The lowest BCUT2D eigenvalue weighted by Gasteiger charge is -2.38. The summed E-state index contributed by atoms with van der Waals surface area (Å²) in [5.74, 6) is 0.597. The van der Waals surface area contributed by atoms with E-state index in [0.717, 1.165) is 4.90 Å². The largest absolute Gasteiger partial charge is 0.463 e. The maximum absolute atomic E-state index is 12.0. The van der Waals surface area contributed by atoms with Gasteiger partial charge in [0, 0.05) is 28.9 Å². The Kier molecular flexibility index (Phi) is 4.17. The van der Waals surface area contributed by atoms with E-state index >= 15 is 0 Å². The first kappa shape index (κ1) is 13.4. The van der Waals surface area contributed by atoms with Crippen LogP contribution in [0, 0.1) is 0 Å². The standard InChI is InChI=1S/C13H13N3O2S2/c17-12(9-20-11-1-3-14-4-2-11)16-7-10(8-16)18-13-15-5-6-19-13/h1-6,10H,7-9H2. The van der Waals surface area contributed by atoms with Crippen molar-refractivity contribution >= 4 is 29.0 Å². The summed E-state index contributed by atoms with van der Waals surface area (Å²) in [4.78, 5) is 22.9. The predicted molar refractivity (Wildman–Crippen MR) is 78.1 cm³/mol. The van der Waals surface area contributed by atoms with E-state index in [9.17, 15) is 4.79 Å². The van der Waals surface area contributed by atoms with Crippen molar-refractivity contribution in [2.45, 2.75) is 11.0 Å². The van der Waals surface area contributed by atoms with E-state index in [1.807, 2.05) is 22.4 Å². The van der Waals surface area contributed by atoms with Gasteiger partial charge in [-0.25, -0.2) is 4.98 Å². The second kappa shape index (κ2) is 6.23. The fraction of sp³-hybridized carbons (Fsp3) is 0.308. The first-order valence-electron chi connectivity index (χ1n) is 6.18. The number of carbonyl (C=O) groups excluding carboxylic acids is 1. The molecule has 0 radical (unpaired) electrons. The van der Waals surface area contributed by atoms with Crippen molar-refractivity contribution in [2.75, 3.05) is 18.8 Å². The second-order valence-corrected chi connectivity index (χ2v) is 6.21. The molecule has 7 heteroatoms. The number of hydrogen-bond donors (Lipinski definition) is 0. The zero-order chi connectivity index (χ0) is 13.8. The molecular weight excluding hydrogens is 294 g/mol. The van der Waals surface area contributed by atoms with Gasteiger partial charge in [0.15, 0.2) is 0 Å². The van der Waals surface area contributed by atoms with Gasteiger partial charge in [0.25, 0.3) is 5.19 Å². The van der Waals surface area contributed by atoms with Crippen molar-refractivity contribution in [3.8, 4) is 5.19 Å². The lowest BCUT2D eigenvalue weighted by atomic mass is 10.2. The molecule has 2 aromatic rings. The lowest BCUT2D eigenvalue weighted by Crippen LogP contribution is -2.56. The highest BCUT2D eigenvalue weighted by molar-refractivity contribution is 8.00. The summed E-state index contributed by atoms with van der Waals surface area (Å²) in [6.45, 7) is 1.30. The Bertz CT molecular complexity index is 556. The van der Waals surface area contributed by atoms with Crippen LogP contribution in [0.15, 0.2) is 41.0 Å². The van der Waals surface area contributed by atoms with E-state index in [4.69, 9.17) is 4.74 Å². The fourth-order valence-electron chi connectivity index (χ4n) is 1.80. The quantitative estimate of drug-likeness (QED) is 0.790. The molecule has 1 saturated heterocycles. The third kappa shape index (κ3) is 3.29. The first-order valence-corrected chi connectivity index (χ1v) is 8.04. The number of likely N-dealkylation sites (tertiary alicyclic amines) is 1. The Balaban J connectivity index is 1.40. The van der Waals surface area contributed by atoms with Crippen molar-refractivity contribution in [1.29, 1.82) is 0 Å². The number of pyridine rings is 1. The van der Waals surface area contributed by atoms with Crippen LogP contribution in [0.5, 0.6) is 5.19 Å². The number of hydrogen-bond acceptors (Lipinski definition) is 6. The zero-order valence-electron chi connectivity index (χ0n) is 10.6. The van der Waals surface area contributed by atoms with Gasteiger partial charge in [-0.05, 0) is 12.1 Å². The molecule has 104 valence electrons. The van der Waals surface area contributed by atoms with Crippen molar-refractivity contribution < 1.29 is 9.53 Å². The summed E-state index contributed by atoms with van der Waals surface area (Å²) in [5.41, 5.74) is 0. The monoisotopic (exact) mass is 307 g/mol. The molecule has 0 aromatic carbocycles. The lowest BCUT2D eigenvalue weighted by molar-refractivity contribution is -0.136. The molecule has 0 unspecified atom stereocenters. The van der Waals surface area contributed by atoms with Crippen molar-refractivity contribution in [2.24, 2.45) is 0 Å². The molecule has 0 bridgehead atoms. The normalized spacial score (nSPS) is 14.9. The Morgan fingerprint density at radius 1 is 1.40 bits per heavy atom. The molecular formula is C13H13N3O2S2. The van der Waals surface area contributed by atoms with Crippen LogP contribution in [0.2, 0.25) is 0 Å². The molecule has 1 aliphatic heterocycles. The molecule has 20 heavy (non-hydrogen) atoms. The van der Waals surface area contributed by atoms with Gasteiger partial charge >= 0.3 is 0 Å². The highest BCUT2D eigenvalue weighted by Crippen LogP contribution is 2.22. The Hall–Kier alpha value is -1.60. The van der Waals surface area contributed by atoms with Gasteiger partial charge < -0.3 is 9.64 Å². The minimum Gasteiger partial charge on any atom is -0.463 e. The summed E-state index contributed by atoms with van der Waals surface area (Å²) < 4.78 is 5.63. The Morgan fingerprint density at radius 2 is 2.20 bits per heavy atom. The Labute approximate surface area is 125 Å². The van der Waals surface area contributed by atoms with Gasteiger partial charge in [-0.1, -0.05) is 11.3 Å². The molecule has 5 nitrogen and oxygen atoms in total. The van der Waals surface area contributed by atoms with E-state index in [2.05, 4.69) is 9.97 Å². The third-order valence-electron chi connectivity index (χ3n) is 2.89. The molecule has 3 rings (SSSR count). The van der Waals surface area contributed by atoms with Crippen molar-refractivity contribution in [3.63, 3.8) is 0 Å². The first-order chi connectivity index (χ1) is 9.81. The molecule has 0 saturated carbocycles. The summed E-state index contributed by atoms with van der Waals surface area (Å²) >= 11 is 3.00. The summed E-state index contributed by atoms with van der Waals surface area (Å²) in [5, 5.41) is 2.55. The van der Waals surface area contributed by atoms with E-state index < -0.39 is 0 Å². The Morgan fingerprint density at radius 3 is 2.90 bits per heavy atom. The summed E-state index contributed by atoms with van der Waals surface area (Å²) in [6.07, 6.45) is 5.26. The number of rotatable bonds is 5. The van der Waals surface area contributed by atoms with Crippen LogP contribution >= 0.6 is 23.1 Å². The van der Waals surface area contributed by atoms with Crippen LogP contribution in [-0.2, 0) is 4.79 Å². The molecule has 1 fully saturated rings. The molecule has 1 amide bonds. The van der Waals surface area contributed by atoms with Gasteiger partial charge in [-0.15, -0.1) is 11.8 Å². The van der Waals surface area contributed by atoms with Crippen molar-refractivity contribution in [3.05, 3.63) is 36.1 Å². The SMILES string of the molecule is O=C(CSc1ccncc1)N1CC(Oc2nccs2)C1. The highest BCUT2D eigenvalue weighted by Gasteiger charge is 2.32. The number of thioether (sulfide) groups is 1. The maximum atomic E-state index is 12.0. The number of thiazole rings is 1. The number of carbonyl (C=O) groups is 1. The van der Waals surface area contributed by atoms with Crippen LogP contribution in [0.3, 0.4) is 0 Å². The van der Waals surface area contributed by atoms with Gasteiger partial charge in [0.05, 0.1) is 18.8 Å². The van der Waals surface area contributed by atoms with Gasteiger partial charge in [0.1, 0.15) is 6.10 Å². The number of amides is 1. The predicted octanol–water partition coefficient (Wildman–Crippen LogP) is 1.92. The summed E-state index contributed by atoms with van der Waals surface area (Å²) in [6, 6.07) is 3.81. The smallest absolute Gasteiger partial charge is 0.273 e. The van der Waals surface area contributed by atoms with E-state index in [1.54, 1.807) is 18.6 Å². The van der Waals surface area contributed by atoms with Crippen LogP contribution in [0.4, 0.5) is 0 Å². The molecule has 0 spiro atoms. The number of nitrogens with zero attached hydrogens (tertiary/aromatic N) is 3. The topological polar surface area (TPSA) is 55.3 Å². The van der Waals surface area contributed by atoms with E-state index in [1.165, 1.54) is 23.1 Å². The van der Waals surface area contributed by atoms with Crippen LogP contribution in [-0.4, -0.2) is 45.7 Å². The minimum absolute atomic E-state index is 0.0797. The average Bonchev–Trinajstić information content (AvgIpc) is 2.94. The van der Waals surface area contributed by atoms with Crippen LogP contribution in [0.25, 0.3) is 0 Å². The summed E-state index contributed by atoms with van der Waals surface area (Å²) in [7, 11) is 0.